The number of fused-ring (bicyclic) bond motifs is 2. The van der Waals surface area contributed by atoms with Gasteiger partial charge in [0.25, 0.3) is 0 Å². The first-order valence-electron chi connectivity index (χ1n) is 6.24. The van der Waals surface area contributed by atoms with Crippen LogP contribution >= 0.6 is 0 Å². The van der Waals surface area contributed by atoms with Gasteiger partial charge in [-0.25, -0.2) is 0 Å². The second-order valence-corrected chi connectivity index (χ2v) is 4.85. The summed E-state index contributed by atoms with van der Waals surface area (Å²) < 4.78 is 6.01. The first kappa shape index (κ1) is 11.4. The molecule has 0 aromatic carbocycles. The van der Waals surface area contributed by atoms with Crippen molar-refractivity contribution in [1.82, 2.24) is 9.88 Å². The summed E-state index contributed by atoms with van der Waals surface area (Å²) in [7, 11) is 0. The molecule has 0 aliphatic carbocycles. The van der Waals surface area contributed by atoms with E-state index in [9.17, 15) is 4.79 Å². The van der Waals surface area contributed by atoms with Crippen molar-refractivity contribution in [2.45, 2.75) is 25.0 Å². The Kier molecular flexibility index (Phi) is 2.67. The minimum Gasteiger partial charge on any atom is -0.365 e. The zero-order chi connectivity index (χ0) is 12.6. The lowest BCUT2D eigenvalue weighted by Crippen LogP contribution is -2.44. The Bertz CT molecular complexity index is 490. The van der Waals surface area contributed by atoms with Crippen LogP contribution in [0.15, 0.2) is 31.1 Å². The number of ether oxygens (including phenoxy) is 1. The molecule has 1 aromatic heterocycles. The number of amides is 1. The van der Waals surface area contributed by atoms with E-state index in [1.54, 1.807) is 6.20 Å². The van der Waals surface area contributed by atoms with E-state index in [1.165, 1.54) is 17.2 Å². The number of rotatable bonds is 1. The molecule has 0 bridgehead atoms. The molecule has 94 valence electrons. The minimum atomic E-state index is -0.221. The van der Waals surface area contributed by atoms with E-state index in [-0.39, 0.29) is 11.5 Å². The van der Waals surface area contributed by atoms with Crippen LogP contribution in [0.5, 0.6) is 0 Å². The van der Waals surface area contributed by atoms with Gasteiger partial charge in [-0.15, -0.1) is 0 Å². The second-order valence-electron chi connectivity index (χ2n) is 4.85. The molecule has 2 aliphatic rings. The van der Waals surface area contributed by atoms with Gasteiger partial charge in [-0.05, 0) is 30.5 Å². The molecule has 1 saturated heterocycles. The summed E-state index contributed by atoms with van der Waals surface area (Å²) in [6.07, 6.45) is 6.77. The normalized spacial score (nSPS) is 20.8. The molecule has 0 N–H and O–H groups in total. The molecule has 18 heavy (non-hydrogen) atoms. The van der Waals surface area contributed by atoms with E-state index < -0.39 is 0 Å². The number of carbonyl (C=O) groups excluding carboxylic acids is 1. The van der Waals surface area contributed by atoms with Crippen molar-refractivity contribution in [2.75, 3.05) is 13.1 Å². The molecule has 3 rings (SSSR count). The summed E-state index contributed by atoms with van der Waals surface area (Å²) in [5.74, 6) is 0.00857. The summed E-state index contributed by atoms with van der Waals surface area (Å²) >= 11 is 0. The van der Waals surface area contributed by atoms with Crippen molar-refractivity contribution in [3.05, 3.63) is 42.2 Å². The van der Waals surface area contributed by atoms with Crippen LogP contribution in [0.1, 0.15) is 24.0 Å². The molecule has 1 amide bonds. The predicted molar refractivity (Wildman–Crippen MR) is 66.7 cm³/mol. The Balaban J connectivity index is 1.81. The van der Waals surface area contributed by atoms with E-state index >= 15 is 0 Å². The van der Waals surface area contributed by atoms with Crippen LogP contribution in [-0.2, 0) is 21.7 Å². The van der Waals surface area contributed by atoms with Crippen LogP contribution in [0.4, 0.5) is 0 Å². The van der Waals surface area contributed by atoms with Gasteiger partial charge in [0.2, 0.25) is 5.91 Å². The monoisotopic (exact) mass is 244 g/mol. The van der Waals surface area contributed by atoms with Gasteiger partial charge < -0.3 is 9.64 Å². The third-order valence-electron chi connectivity index (χ3n) is 3.96. The minimum absolute atomic E-state index is 0.00857. The average molecular weight is 244 g/mol. The topological polar surface area (TPSA) is 42.4 Å². The van der Waals surface area contributed by atoms with E-state index in [0.29, 0.717) is 6.61 Å². The molecule has 0 saturated carbocycles. The van der Waals surface area contributed by atoms with E-state index in [4.69, 9.17) is 4.74 Å². The molecule has 4 heteroatoms. The second kappa shape index (κ2) is 4.21. The Morgan fingerprint density at radius 3 is 3.00 bits per heavy atom. The van der Waals surface area contributed by atoms with Crippen LogP contribution in [0.25, 0.3) is 0 Å². The Morgan fingerprint density at radius 1 is 1.50 bits per heavy atom. The van der Waals surface area contributed by atoms with Gasteiger partial charge in [-0.3, -0.25) is 9.78 Å². The molecule has 1 fully saturated rings. The lowest BCUT2D eigenvalue weighted by molar-refractivity contribution is -0.133. The smallest absolute Gasteiger partial charge is 0.245 e. The van der Waals surface area contributed by atoms with Crippen molar-refractivity contribution in [1.29, 1.82) is 0 Å². The summed E-state index contributed by atoms with van der Waals surface area (Å²) in [5, 5.41) is 0. The SMILES string of the molecule is C=CC(=O)N1CCC2(CC1)OCc1ccncc12. The Hall–Kier alpha value is -1.68. The van der Waals surface area contributed by atoms with Crippen molar-refractivity contribution < 1.29 is 9.53 Å². The summed E-state index contributed by atoms with van der Waals surface area (Å²) in [6.45, 7) is 5.63. The molecule has 1 aromatic rings. The predicted octanol–water partition coefficient (Wildman–Crippen LogP) is 1.62. The number of hydrogen-bond donors (Lipinski definition) is 0. The highest BCUT2D eigenvalue weighted by Crippen LogP contribution is 2.43. The van der Waals surface area contributed by atoms with Crippen LogP contribution in [0, 0.1) is 0 Å². The molecule has 3 heterocycles. The largest absolute Gasteiger partial charge is 0.365 e. The lowest BCUT2D eigenvalue weighted by atomic mass is 9.85. The number of hydrogen-bond acceptors (Lipinski definition) is 3. The standard InChI is InChI=1S/C14H16N2O2/c1-2-13(17)16-7-4-14(5-8-16)12-9-15-6-3-11(12)10-18-14/h2-3,6,9H,1,4-5,7-8,10H2. The highest BCUT2D eigenvalue weighted by Gasteiger charge is 2.43. The highest BCUT2D eigenvalue weighted by atomic mass is 16.5. The number of nitrogens with zero attached hydrogens (tertiary/aromatic N) is 2. The summed E-state index contributed by atoms with van der Waals surface area (Å²) in [5.41, 5.74) is 2.21. The van der Waals surface area contributed by atoms with Crippen molar-refractivity contribution in [2.24, 2.45) is 0 Å². The fourth-order valence-corrected chi connectivity index (χ4v) is 2.88. The molecule has 0 unspecified atom stereocenters. The molecule has 0 atom stereocenters. The third-order valence-corrected chi connectivity index (χ3v) is 3.96. The first-order valence-corrected chi connectivity index (χ1v) is 6.24. The van der Waals surface area contributed by atoms with Crippen LogP contribution in [0.3, 0.4) is 0 Å². The Morgan fingerprint density at radius 2 is 2.28 bits per heavy atom. The van der Waals surface area contributed by atoms with Gasteiger partial charge in [0.15, 0.2) is 0 Å². The van der Waals surface area contributed by atoms with Gasteiger partial charge in [0, 0.05) is 31.0 Å². The Labute approximate surface area is 106 Å². The van der Waals surface area contributed by atoms with Gasteiger partial charge in [0.1, 0.15) is 0 Å². The summed E-state index contributed by atoms with van der Waals surface area (Å²) in [6, 6.07) is 2.02. The number of likely N-dealkylation sites (tertiary alicyclic amines) is 1. The number of piperidine rings is 1. The fraction of sp³-hybridized carbons (Fsp3) is 0.429. The summed E-state index contributed by atoms with van der Waals surface area (Å²) in [4.78, 5) is 17.6. The van der Waals surface area contributed by atoms with E-state index in [0.717, 1.165) is 25.9 Å². The zero-order valence-electron chi connectivity index (χ0n) is 10.3. The number of aromatic nitrogens is 1. The highest BCUT2D eigenvalue weighted by molar-refractivity contribution is 5.87. The quantitative estimate of drug-likeness (QED) is 0.705. The fourth-order valence-electron chi connectivity index (χ4n) is 2.88. The molecule has 4 nitrogen and oxygen atoms in total. The van der Waals surface area contributed by atoms with Gasteiger partial charge in [-0.1, -0.05) is 6.58 Å². The zero-order valence-corrected chi connectivity index (χ0v) is 10.3. The number of pyridine rings is 1. The van der Waals surface area contributed by atoms with Crippen molar-refractivity contribution in [3.8, 4) is 0 Å². The van der Waals surface area contributed by atoms with E-state index in [2.05, 4.69) is 11.6 Å². The molecule has 1 spiro atoms. The van der Waals surface area contributed by atoms with Crippen molar-refractivity contribution >= 4 is 5.91 Å². The van der Waals surface area contributed by atoms with Crippen LogP contribution < -0.4 is 0 Å². The molecular weight excluding hydrogens is 228 g/mol. The molecule has 0 radical (unpaired) electrons. The van der Waals surface area contributed by atoms with Crippen LogP contribution in [-0.4, -0.2) is 28.9 Å². The maximum absolute atomic E-state index is 11.6. The first-order chi connectivity index (χ1) is 8.75. The van der Waals surface area contributed by atoms with Gasteiger partial charge in [-0.2, -0.15) is 0 Å². The molecule has 2 aliphatic heterocycles. The van der Waals surface area contributed by atoms with Crippen molar-refractivity contribution in [3.63, 3.8) is 0 Å². The molecular formula is C14H16N2O2. The van der Waals surface area contributed by atoms with E-state index in [1.807, 2.05) is 17.2 Å². The van der Waals surface area contributed by atoms with Gasteiger partial charge in [0.05, 0.1) is 12.2 Å². The lowest BCUT2D eigenvalue weighted by Gasteiger charge is -2.38. The maximum atomic E-state index is 11.6. The maximum Gasteiger partial charge on any atom is 0.245 e. The van der Waals surface area contributed by atoms with Gasteiger partial charge >= 0.3 is 0 Å². The van der Waals surface area contributed by atoms with Crippen LogP contribution in [0.2, 0.25) is 0 Å². The third kappa shape index (κ3) is 1.64. The number of carbonyl (C=O) groups is 1. The average Bonchev–Trinajstić information content (AvgIpc) is 2.78.